The number of phenols is 1. The summed E-state index contributed by atoms with van der Waals surface area (Å²) in [5, 5.41) is 11.3. The largest absolute Gasteiger partial charge is 0.508 e. The highest BCUT2D eigenvalue weighted by Crippen LogP contribution is 2.25. The smallest absolute Gasteiger partial charge is 0.192 e. The molecule has 2 aromatic carbocycles. The third-order valence-corrected chi connectivity index (χ3v) is 4.57. The molecule has 0 fully saturated rings. The van der Waals surface area contributed by atoms with Gasteiger partial charge in [0.25, 0.3) is 0 Å². The van der Waals surface area contributed by atoms with Gasteiger partial charge in [-0.2, -0.15) is 0 Å². The lowest BCUT2D eigenvalue weighted by atomic mass is 9.99. The Kier molecular flexibility index (Phi) is 4.77. The van der Waals surface area contributed by atoms with Gasteiger partial charge >= 0.3 is 0 Å². The summed E-state index contributed by atoms with van der Waals surface area (Å²) in [7, 11) is -0.718. The highest BCUT2D eigenvalue weighted by atomic mass is 28.2. The molecular weight excluding hydrogens is 252 g/mol. The molecule has 100 valence electrons. The van der Waals surface area contributed by atoms with Crippen LogP contribution in [-0.4, -0.2) is 14.9 Å². The Bertz CT molecular complexity index is 538. The molecule has 2 aromatic rings. The average Bonchev–Trinajstić information content (AvgIpc) is 2.44. The Morgan fingerprint density at radius 2 is 1.79 bits per heavy atom. The van der Waals surface area contributed by atoms with Crippen LogP contribution in [0, 0.1) is 6.92 Å². The molecule has 1 N–H and O–H groups in total. The van der Waals surface area contributed by atoms with E-state index in [9.17, 15) is 5.11 Å². The lowest BCUT2D eigenvalue weighted by molar-refractivity contribution is 0.319. The van der Waals surface area contributed by atoms with Crippen LogP contribution in [0.15, 0.2) is 42.5 Å². The molecule has 0 aromatic heterocycles. The fourth-order valence-electron chi connectivity index (χ4n) is 2.30. The van der Waals surface area contributed by atoms with Crippen LogP contribution in [0.3, 0.4) is 0 Å². The molecule has 2 nitrogen and oxygen atoms in total. The van der Waals surface area contributed by atoms with Crippen molar-refractivity contribution in [1.82, 2.24) is 0 Å². The Morgan fingerprint density at radius 3 is 2.47 bits per heavy atom. The SMILES string of the molecule is CCc1c(C)ccc(O)c1CO[SiH2]c1ccccc1. The molecule has 0 saturated carbocycles. The monoisotopic (exact) mass is 272 g/mol. The van der Waals surface area contributed by atoms with Crippen LogP contribution >= 0.6 is 0 Å². The van der Waals surface area contributed by atoms with E-state index in [1.807, 2.05) is 24.3 Å². The van der Waals surface area contributed by atoms with Gasteiger partial charge in [0.05, 0.1) is 6.61 Å². The minimum absolute atomic E-state index is 0.351. The zero-order valence-corrected chi connectivity index (χ0v) is 12.9. The van der Waals surface area contributed by atoms with Crippen LogP contribution in [0.25, 0.3) is 0 Å². The van der Waals surface area contributed by atoms with Gasteiger partial charge in [-0.15, -0.1) is 0 Å². The van der Waals surface area contributed by atoms with Gasteiger partial charge in [-0.05, 0) is 35.7 Å². The molecule has 0 atom stereocenters. The van der Waals surface area contributed by atoms with E-state index in [1.165, 1.54) is 16.3 Å². The van der Waals surface area contributed by atoms with Crippen molar-refractivity contribution in [1.29, 1.82) is 0 Å². The number of aromatic hydroxyl groups is 1. The number of hydrogen-bond donors (Lipinski definition) is 1. The zero-order chi connectivity index (χ0) is 13.7. The minimum atomic E-state index is -0.718. The molecule has 0 aliphatic carbocycles. The van der Waals surface area contributed by atoms with Gasteiger partial charge in [-0.25, -0.2) is 0 Å². The van der Waals surface area contributed by atoms with Crippen LogP contribution in [0.1, 0.15) is 23.6 Å². The van der Waals surface area contributed by atoms with Crippen LogP contribution in [0.4, 0.5) is 0 Å². The fourth-order valence-corrected chi connectivity index (χ4v) is 3.30. The molecule has 3 heteroatoms. The van der Waals surface area contributed by atoms with E-state index in [1.54, 1.807) is 6.07 Å². The first kappa shape index (κ1) is 13.8. The van der Waals surface area contributed by atoms with Crippen molar-refractivity contribution in [3.05, 3.63) is 59.2 Å². The molecule has 0 radical (unpaired) electrons. The van der Waals surface area contributed by atoms with E-state index in [-0.39, 0.29) is 0 Å². The van der Waals surface area contributed by atoms with Crippen molar-refractivity contribution >= 4 is 14.9 Å². The summed E-state index contributed by atoms with van der Waals surface area (Å²) in [6.07, 6.45) is 0.922. The standard InChI is InChI=1S/C16H20O2Si/c1-3-14-12(2)9-10-16(17)15(14)11-18-19-13-7-5-4-6-8-13/h4-10,17H,3,11,19H2,1-2H3. The number of benzene rings is 2. The zero-order valence-electron chi connectivity index (χ0n) is 11.5. The second-order valence-corrected chi connectivity index (χ2v) is 6.20. The Hall–Kier alpha value is -1.58. The molecule has 0 unspecified atom stereocenters. The van der Waals surface area contributed by atoms with Crippen molar-refractivity contribution < 1.29 is 9.53 Å². The summed E-state index contributed by atoms with van der Waals surface area (Å²) in [4.78, 5) is 0. The molecule has 0 saturated heterocycles. The Balaban J connectivity index is 2.05. The molecule has 0 spiro atoms. The lowest BCUT2D eigenvalue weighted by Crippen LogP contribution is -2.17. The van der Waals surface area contributed by atoms with Crippen LogP contribution in [0.5, 0.6) is 5.75 Å². The van der Waals surface area contributed by atoms with Gasteiger partial charge in [0.2, 0.25) is 0 Å². The molecule has 0 amide bonds. The number of hydrogen-bond acceptors (Lipinski definition) is 2. The molecule has 0 bridgehead atoms. The second-order valence-electron chi connectivity index (χ2n) is 4.69. The first-order valence-corrected chi connectivity index (χ1v) is 7.92. The average molecular weight is 272 g/mol. The Labute approximate surface area is 117 Å². The van der Waals surface area contributed by atoms with Crippen molar-refractivity contribution in [2.75, 3.05) is 0 Å². The summed E-state index contributed by atoms with van der Waals surface area (Å²) < 4.78 is 5.86. The van der Waals surface area contributed by atoms with E-state index in [0.29, 0.717) is 12.4 Å². The minimum Gasteiger partial charge on any atom is -0.508 e. The topological polar surface area (TPSA) is 29.5 Å². The maximum atomic E-state index is 9.98. The molecule has 19 heavy (non-hydrogen) atoms. The maximum absolute atomic E-state index is 9.98. The number of phenolic OH excluding ortho intramolecular Hbond substituents is 1. The first-order valence-electron chi connectivity index (χ1n) is 6.64. The van der Waals surface area contributed by atoms with Crippen molar-refractivity contribution in [3.63, 3.8) is 0 Å². The summed E-state index contributed by atoms with van der Waals surface area (Å²) in [5.41, 5.74) is 3.38. The number of aryl methyl sites for hydroxylation is 1. The van der Waals surface area contributed by atoms with E-state index < -0.39 is 9.76 Å². The third kappa shape index (κ3) is 3.46. The number of rotatable bonds is 5. The lowest BCUT2D eigenvalue weighted by Gasteiger charge is -2.13. The third-order valence-electron chi connectivity index (χ3n) is 3.35. The van der Waals surface area contributed by atoms with Gasteiger partial charge in [0.15, 0.2) is 9.76 Å². The van der Waals surface area contributed by atoms with Crippen molar-refractivity contribution in [2.24, 2.45) is 0 Å². The molecular formula is C16H20O2Si. The van der Waals surface area contributed by atoms with Gasteiger partial charge < -0.3 is 9.53 Å². The van der Waals surface area contributed by atoms with Crippen molar-refractivity contribution in [3.8, 4) is 5.75 Å². The van der Waals surface area contributed by atoms with Crippen LogP contribution in [-0.2, 0) is 17.5 Å². The summed E-state index contributed by atoms with van der Waals surface area (Å²) >= 11 is 0. The molecule has 0 aliphatic heterocycles. The highest BCUT2D eigenvalue weighted by Gasteiger charge is 2.09. The predicted octanol–water partition coefficient (Wildman–Crippen LogP) is 2.19. The van der Waals surface area contributed by atoms with Crippen LogP contribution < -0.4 is 5.19 Å². The van der Waals surface area contributed by atoms with Crippen LogP contribution in [0.2, 0.25) is 0 Å². The predicted molar refractivity (Wildman–Crippen MR) is 81.6 cm³/mol. The van der Waals surface area contributed by atoms with E-state index in [0.717, 1.165) is 12.0 Å². The summed E-state index contributed by atoms with van der Waals surface area (Å²) in [6, 6.07) is 14.0. The van der Waals surface area contributed by atoms with Gasteiger partial charge in [-0.3, -0.25) is 0 Å². The van der Waals surface area contributed by atoms with Gasteiger partial charge in [0, 0.05) is 5.56 Å². The maximum Gasteiger partial charge on any atom is 0.192 e. The first-order chi connectivity index (χ1) is 9.22. The van der Waals surface area contributed by atoms with Crippen molar-refractivity contribution in [2.45, 2.75) is 26.9 Å². The molecule has 0 aliphatic rings. The summed E-state index contributed by atoms with van der Waals surface area (Å²) in [6.45, 7) is 4.70. The highest BCUT2D eigenvalue weighted by molar-refractivity contribution is 6.46. The molecule has 2 rings (SSSR count). The van der Waals surface area contributed by atoms with E-state index in [4.69, 9.17) is 4.43 Å². The Morgan fingerprint density at radius 1 is 1.05 bits per heavy atom. The van der Waals surface area contributed by atoms with E-state index >= 15 is 0 Å². The summed E-state index contributed by atoms with van der Waals surface area (Å²) in [5.74, 6) is 0.351. The normalized spacial score (nSPS) is 11.3. The molecule has 0 heterocycles. The van der Waals surface area contributed by atoms with E-state index in [2.05, 4.69) is 26.0 Å². The van der Waals surface area contributed by atoms with Gasteiger partial charge in [-0.1, -0.05) is 43.3 Å². The van der Waals surface area contributed by atoms with Gasteiger partial charge in [0.1, 0.15) is 5.75 Å². The fraction of sp³-hybridized carbons (Fsp3) is 0.250. The second kappa shape index (κ2) is 6.54. The quantitative estimate of drug-likeness (QED) is 0.846.